The molecule has 0 bridgehead atoms. The van der Waals surface area contributed by atoms with Crippen molar-refractivity contribution in [3.8, 4) is 21.8 Å². The van der Waals surface area contributed by atoms with Crippen molar-refractivity contribution < 1.29 is 0 Å². The summed E-state index contributed by atoms with van der Waals surface area (Å²) in [5.41, 5.74) is 3.18. The van der Waals surface area contributed by atoms with Gasteiger partial charge in [-0.3, -0.25) is 10.1 Å². The van der Waals surface area contributed by atoms with Gasteiger partial charge in [0.1, 0.15) is 0 Å². The van der Waals surface area contributed by atoms with E-state index in [9.17, 15) is 0 Å². The van der Waals surface area contributed by atoms with Gasteiger partial charge < -0.3 is 0 Å². The van der Waals surface area contributed by atoms with E-state index in [2.05, 4.69) is 26.6 Å². The molecule has 3 aromatic rings. The lowest BCUT2D eigenvalue weighted by atomic mass is 10.1. The number of hydrogen-bond acceptors (Lipinski definition) is 3. The van der Waals surface area contributed by atoms with Crippen molar-refractivity contribution in [1.29, 1.82) is 0 Å². The van der Waals surface area contributed by atoms with Crippen molar-refractivity contribution in [1.82, 2.24) is 15.2 Å². The molecule has 0 aliphatic carbocycles. The summed E-state index contributed by atoms with van der Waals surface area (Å²) in [7, 11) is 0. The Hall–Kier alpha value is -1.94. The van der Waals surface area contributed by atoms with Crippen molar-refractivity contribution >= 4 is 11.3 Å². The second kappa shape index (κ2) is 3.90. The first-order valence-corrected chi connectivity index (χ1v) is 5.82. The molecule has 0 aromatic carbocycles. The third kappa shape index (κ3) is 1.53. The molecule has 0 saturated heterocycles. The lowest BCUT2D eigenvalue weighted by Crippen LogP contribution is -1.82. The highest BCUT2D eigenvalue weighted by Crippen LogP contribution is 2.34. The van der Waals surface area contributed by atoms with E-state index in [1.54, 1.807) is 17.5 Å². The van der Waals surface area contributed by atoms with E-state index in [-0.39, 0.29) is 0 Å². The number of nitrogens with one attached hydrogen (secondary N) is 1. The Labute approximate surface area is 96.8 Å². The molecule has 0 aliphatic rings. The van der Waals surface area contributed by atoms with Gasteiger partial charge in [-0.2, -0.15) is 5.10 Å². The molecule has 0 spiro atoms. The molecule has 3 heterocycles. The molecule has 3 rings (SSSR count). The van der Waals surface area contributed by atoms with E-state index in [0.29, 0.717) is 0 Å². The number of H-pyrrole nitrogens is 1. The average molecular weight is 227 g/mol. The van der Waals surface area contributed by atoms with Crippen LogP contribution in [-0.4, -0.2) is 15.2 Å². The molecule has 0 saturated carbocycles. The van der Waals surface area contributed by atoms with E-state index in [4.69, 9.17) is 0 Å². The van der Waals surface area contributed by atoms with Crippen LogP contribution < -0.4 is 0 Å². The average Bonchev–Trinajstić information content (AvgIpc) is 3.01. The number of aromatic amines is 1. The summed E-state index contributed by atoms with van der Waals surface area (Å²) in [5.74, 6) is 0. The third-order valence-corrected chi connectivity index (χ3v) is 3.30. The van der Waals surface area contributed by atoms with Crippen LogP contribution in [0.25, 0.3) is 21.8 Å². The lowest BCUT2D eigenvalue weighted by molar-refractivity contribution is 1.10. The number of nitrogens with zero attached hydrogens (tertiary/aromatic N) is 2. The van der Waals surface area contributed by atoms with Crippen LogP contribution in [0.5, 0.6) is 0 Å². The number of aromatic nitrogens is 3. The maximum atomic E-state index is 4.36. The molecular weight excluding hydrogens is 218 g/mol. The third-order valence-electron chi connectivity index (χ3n) is 2.35. The largest absolute Gasteiger partial charge is 0.277 e. The molecule has 0 atom stereocenters. The topological polar surface area (TPSA) is 41.6 Å². The van der Waals surface area contributed by atoms with Crippen molar-refractivity contribution in [3.05, 3.63) is 48.1 Å². The number of pyridine rings is 1. The highest BCUT2D eigenvalue weighted by Gasteiger charge is 2.10. The Balaban J connectivity index is 2.14. The maximum Gasteiger partial charge on any atom is 0.0756 e. The predicted octanol–water partition coefficient (Wildman–Crippen LogP) is 3.20. The molecule has 4 heteroatoms. The van der Waals surface area contributed by atoms with E-state index >= 15 is 0 Å². The Morgan fingerprint density at radius 3 is 2.81 bits per heavy atom. The highest BCUT2D eigenvalue weighted by atomic mass is 32.1. The van der Waals surface area contributed by atoms with Crippen LogP contribution in [0.1, 0.15) is 0 Å². The number of hydrogen-bond donors (Lipinski definition) is 1. The zero-order valence-corrected chi connectivity index (χ0v) is 9.24. The fourth-order valence-corrected chi connectivity index (χ4v) is 2.50. The van der Waals surface area contributed by atoms with Gasteiger partial charge in [0.15, 0.2) is 0 Å². The van der Waals surface area contributed by atoms with Gasteiger partial charge in [-0.1, -0.05) is 6.07 Å². The van der Waals surface area contributed by atoms with Crippen LogP contribution in [0.15, 0.2) is 48.1 Å². The van der Waals surface area contributed by atoms with Gasteiger partial charge in [0.05, 0.1) is 16.3 Å². The highest BCUT2D eigenvalue weighted by molar-refractivity contribution is 7.14. The van der Waals surface area contributed by atoms with Crippen molar-refractivity contribution in [2.75, 3.05) is 0 Å². The number of rotatable bonds is 2. The Morgan fingerprint density at radius 2 is 2.06 bits per heavy atom. The monoisotopic (exact) mass is 227 g/mol. The molecular formula is C12H9N3S. The van der Waals surface area contributed by atoms with Crippen LogP contribution in [0, 0.1) is 0 Å². The molecule has 0 amide bonds. The molecule has 0 aliphatic heterocycles. The van der Waals surface area contributed by atoms with Crippen LogP contribution in [0.4, 0.5) is 0 Å². The normalized spacial score (nSPS) is 10.5. The van der Waals surface area contributed by atoms with Crippen molar-refractivity contribution in [2.24, 2.45) is 0 Å². The second-order valence-corrected chi connectivity index (χ2v) is 4.26. The predicted molar refractivity (Wildman–Crippen MR) is 65.1 cm³/mol. The van der Waals surface area contributed by atoms with E-state index in [0.717, 1.165) is 17.0 Å². The second-order valence-electron chi connectivity index (χ2n) is 3.35. The molecule has 1 N–H and O–H groups in total. The van der Waals surface area contributed by atoms with E-state index in [1.807, 2.05) is 30.5 Å². The molecule has 0 radical (unpaired) electrons. The molecule has 0 fully saturated rings. The van der Waals surface area contributed by atoms with Crippen LogP contribution >= 0.6 is 11.3 Å². The maximum absolute atomic E-state index is 4.36. The first-order chi connectivity index (χ1) is 7.95. The van der Waals surface area contributed by atoms with Gasteiger partial charge in [-0.25, -0.2) is 0 Å². The molecule has 0 unspecified atom stereocenters. The van der Waals surface area contributed by atoms with Crippen molar-refractivity contribution in [3.63, 3.8) is 0 Å². The Kier molecular flexibility index (Phi) is 2.27. The Morgan fingerprint density at radius 1 is 1.06 bits per heavy atom. The molecule has 78 valence electrons. The molecule has 3 nitrogen and oxygen atoms in total. The minimum absolute atomic E-state index is 0.994. The summed E-state index contributed by atoms with van der Waals surface area (Å²) in [4.78, 5) is 5.54. The summed E-state index contributed by atoms with van der Waals surface area (Å²) in [6, 6.07) is 9.99. The minimum Gasteiger partial charge on any atom is -0.277 e. The minimum atomic E-state index is 0.994. The summed E-state index contributed by atoms with van der Waals surface area (Å²) in [6.45, 7) is 0. The Bertz CT molecular complexity index is 569. The summed E-state index contributed by atoms with van der Waals surface area (Å²) in [6.07, 6.45) is 3.57. The van der Waals surface area contributed by atoms with Crippen molar-refractivity contribution in [2.45, 2.75) is 0 Å². The quantitative estimate of drug-likeness (QED) is 0.730. The lowest BCUT2D eigenvalue weighted by Gasteiger charge is -2.00. The van der Waals surface area contributed by atoms with Gasteiger partial charge in [0, 0.05) is 18.0 Å². The first-order valence-electron chi connectivity index (χ1n) is 4.94. The van der Waals surface area contributed by atoms with Gasteiger partial charge in [0.2, 0.25) is 0 Å². The zero-order chi connectivity index (χ0) is 10.8. The van der Waals surface area contributed by atoms with Crippen LogP contribution in [-0.2, 0) is 0 Å². The SMILES string of the molecule is c1ccc(-c2ccsc2-c2ccn[nH]2)nc1. The molecule has 3 aromatic heterocycles. The number of thiophene rings is 1. The smallest absolute Gasteiger partial charge is 0.0756 e. The van der Waals surface area contributed by atoms with E-state index < -0.39 is 0 Å². The van der Waals surface area contributed by atoms with Gasteiger partial charge >= 0.3 is 0 Å². The van der Waals surface area contributed by atoms with Gasteiger partial charge in [-0.05, 0) is 29.6 Å². The molecule has 16 heavy (non-hydrogen) atoms. The fraction of sp³-hybridized carbons (Fsp3) is 0. The van der Waals surface area contributed by atoms with Gasteiger partial charge in [0.25, 0.3) is 0 Å². The van der Waals surface area contributed by atoms with Crippen LogP contribution in [0.2, 0.25) is 0 Å². The van der Waals surface area contributed by atoms with Gasteiger partial charge in [-0.15, -0.1) is 11.3 Å². The first kappa shape index (κ1) is 9.30. The van der Waals surface area contributed by atoms with Crippen LogP contribution in [0.3, 0.4) is 0 Å². The summed E-state index contributed by atoms with van der Waals surface area (Å²) >= 11 is 1.69. The standard InChI is InChI=1S/C12H9N3S/c1-2-6-13-10(3-1)9-5-8-16-12(9)11-4-7-14-15-11/h1-8H,(H,14,15). The fourth-order valence-electron chi connectivity index (χ4n) is 1.62. The summed E-state index contributed by atoms with van der Waals surface area (Å²) in [5, 5.41) is 9.03. The summed E-state index contributed by atoms with van der Waals surface area (Å²) < 4.78 is 0. The zero-order valence-electron chi connectivity index (χ0n) is 8.42. The van der Waals surface area contributed by atoms with E-state index in [1.165, 1.54) is 4.88 Å².